The van der Waals surface area contributed by atoms with Crippen molar-refractivity contribution in [2.45, 2.75) is 186 Å². The average molecular weight is 703 g/mol. The fraction of sp³-hybridized carbons (Fsp3) is 0.745. The zero-order valence-corrected chi connectivity index (χ0v) is 34.3. The minimum Gasteiger partial charge on any atom is -0.362 e. The van der Waals surface area contributed by atoms with Gasteiger partial charge in [0.15, 0.2) is 0 Å². The van der Waals surface area contributed by atoms with Crippen LogP contribution in [0.15, 0.2) is 69.1 Å². The molecular weight excluding hydrogens is 635 g/mol. The summed E-state index contributed by atoms with van der Waals surface area (Å²) in [6.45, 7) is 21.5. The second-order valence-electron chi connectivity index (χ2n) is 21.7. The maximum atomic E-state index is 3.28. The number of allylic oxidation sites excluding steroid dienone is 7. The highest BCUT2D eigenvalue weighted by atomic mass is 32.2. The molecule has 4 aliphatic heterocycles. The molecule has 9 unspecified atom stereocenters. The summed E-state index contributed by atoms with van der Waals surface area (Å²) in [5, 5.41) is 0.615. The van der Waals surface area contributed by atoms with E-state index in [9.17, 15) is 0 Å². The normalized spacial score (nSPS) is 40.8. The lowest BCUT2D eigenvalue weighted by molar-refractivity contribution is -0.0103. The number of hydrogen-bond donors (Lipinski definition) is 0. The third-order valence-corrected chi connectivity index (χ3v) is 18.7. The van der Waals surface area contributed by atoms with Gasteiger partial charge in [-0.05, 0) is 112 Å². The molecule has 51 heavy (non-hydrogen) atoms. The molecule has 0 aromatic carbocycles. The maximum Gasteiger partial charge on any atom is 0.211 e. The molecule has 3 fully saturated rings. The molecule has 10 rings (SSSR count). The number of fused-ring (bicyclic) bond motifs is 7. The lowest BCUT2D eigenvalue weighted by Gasteiger charge is -2.63. The van der Waals surface area contributed by atoms with Crippen molar-refractivity contribution in [2.24, 2.45) is 34.0 Å². The average Bonchev–Trinajstić information content (AvgIpc) is 3.57. The summed E-state index contributed by atoms with van der Waals surface area (Å²) in [5.74, 6) is 2.77. The first kappa shape index (κ1) is 34.1. The van der Waals surface area contributed by atoms with Gasteiger partial charge < -0.3 is 4.90 Å². The van der Waals surface area contributed by atoms with Gasteiger partial charge in [-0.3, -0.25) is 4.90 Å². The SMILES string of the molecule is CC(C)(C)C1C=C2B3C4=C(CC(C(C)(C)C)CC4N4C5C(=CCCC35)C3(CCCCC3)C4(C)C)N(C3CCCC4=C3SC3C=CC=CC43)C2CC1. The van der Waals surface area contributed by atoms with Gasteiger partial charge in [-0.25, -0.2) is 0 Å². The highest BCUT2D eigenvalue weighted by molar-refractivity contribution is 8.04. The van der Waals surface area contributed by atoms with E-state index in [0.29, 0.717) is 70.1 Å². The van der Waals surface area contributed by atoms with Crippen LogP contribution >= 0.6 is 11.8 Å². The van der Waals surface area contributed by atoms with Crippen molar-refractivity contribution in [2.75, 3.05) is 0 Å². The van der Waals surface area contributed by atoms with Gasteiger partial charge in [0.1, 0.15) is 0 Å². The van der Waals surface area contributed by atoms with Crippen molar-refractivity contribution in [1.29, 1.82) is 0 Å². The summed E-state index contributed by atoms with van der Waals surface area (Å²) in [6, 6.07) is 2.36. The standard InChI is InChI=1S/C47H67BN2S/c1-44(2,3)29-22-23-36-35(26-29)48-34-19-15-18-33-42(34)50(46(7,8)47(33)24-12-9-13-25-47)39-28-30(45(4,5)6)27-38(41(39)48)49(36)37-20-14-17-32-31-16-10-11-21-40(31)51-43(32)37/h10-11,16,18,21,26,29-31,34,36-37,39-40,42H,9,12-15,17,19-20,22-25,27-28H2,1-8H3. The van der Waals surface area contributed by atoms with E-state index >= 15 is 0 Å². The van der Waals surface area contributed by atoms with E-state index in [2.05, 4.69) is 113 Å². The van der Waals surface area contributed by atoms with Crippen molar-refractivity contribution in [1.82, 2.24) is 9.80 Å². The summed E-state index contributed by atoms with van der Waals surface area (Å²) in [6.07, 6.45) is 34.7. The van der Waals surface area contributed by atoms with Gasteiger partial charge in [-0.15, -0.1) is 11.8 Å². The third kappa shape index (κ3) is 4.72. The first-order valence-corrected chi connectivity index (χ1v) is 22.7. The molecule has 2 nitrogen and oxygen atoms in total. The van der Waals surface area contributed by atoms with E-state index in [1.807, 2.05) is 27.8 Å². The van der Waals surface area contributed by atoms with Gasteiger partial charge in [-0.2, -0.15) is 0 Å². The van der Waals surface area contributed by atoms with Crippen molar-refractivity contribution in [3.8, 4) is 0 Å². The van der Waals surface area contributed by atoms with Crippen LogP contribution < -0.4 is 0 Å². The highest BCUT2D eigenvalue weighted by Gasteiger charge is 2.69. The fourth-order valence-corrected chi connectivity index (χ4v) is 16.3. The Morgan fingerprint density at radius 2 is 1.63 bits per heavy atom. The Morgan fingerprint density at radius 1 is 0.843 bits per heavy atom. The van der Waals surface area contributed by atoms with Crippen LogP contribution in [-0.2, 0) is 0 Å². The predicted octanol–water partition coefficient (Wildman–Crippen LogP) is 11.9. The molecule has 9 atom stereocenters. The Bertz CT molecular complexity index is 1670. The Kier molecular flexibility index (Phi) is 7.74. The van der Waals surface area contributed by atoms with Gasteiger partial charge in [0.2, 0.25) is 6.71 Å². The quantitative estimate of drug-likeness (QED) is 0.198. The van der Waals surface area contributed by atoms with Gasteiger partial charge in [-0.1, -0.05) is 120 Å². The zero-order chi connectivity index (χ0) is 35.2. The Balaban J connectivity index is 1.20. The molecule has 0 amide bonds. The molecule has 0 radical (unpaired) electrons. The minimum absolute atomic E-state index is 0.201. The molecule has 0 aromatic heterocycles. The van der Waals surface area contributed by atoms with Crippen LogP contribution in [0.25, 0.3) is 0 Å². The second kappa shape index (κ2) is 11.6. The van der Waals surface area contributed by atoms with Crippen LogP contribution in [-0.4, -0.2) is 51.5 Å². The first-order valence-electron chi connectivity index (χ1n) is 21.8. The van der Waals surface area contributed by atoms with Gasteiger partial charge in [0, 0.05) is 50.8 Å². The summed E-state index contributed by atoms with van der Waals surface area (Å²) in [5.41, 5.74) is 10.6. The highest BCUT2D eigenvalue weighted by Crippen LogP contribution is 2.69. The Labute approximate surface area is 316 Å². The van der Waals surface area contributed by atoms with Crippen LogP contribution in [0, 0.1) is 34.0 Å². The summed E-state index contributed by atoms with van der Waals surface area (Å²) >= 11 is 2.28. The summed E-state index contributed by atoms with van der Waals surface area (Å²) in [4.78, 5) is 8.30. The topological polar surface area (TPSA) is 6.48 Å². The molecule has 10 aliphatic rings. The molecule has 1 spiro atoms. The van der Waals surface area contributed by atoms with E-state index in [0.717, 1.165) is 5.82 Å². The van der Waals surface area contributed by atoms with Crippen molar-refractivity contribution in [3.63, 3.8) is 0 Å². The lowest BCUT2D eigenvalue weighted by Crippen LogP contribution is -2.68. The third-order valence-electron chi connectivity index (χ3n) is 17.2. The van der Waals surface area contributed by atoms with Gasteiger partial charge >= 0.3 is 0 Å². The fourth-order valence-electron chi connectivity index (χ4n) is 14.6. The largest absolute Gasteiger partial charge is 0.362 e. The van der Waals surface area contributed by atoms with Crippen molar-refractivity contribution in [3.05, 3.63) is 69.1 Å². The predicted molar refractivity (Wildman–Crippen MR) is 219 cm³/mol. The van der Waals surface area contributed by atoms with E-state index in [1.165, 1.54) is 89.9 Å². The van der Waals surface area contributed by atoms with Crippen LogP contribution in [0.2, 0.25) is 5.82 Å². The van der Waals surface area contributed by atoms with E-state index in [4.69, 9.17) is 0 Å². The molecule has 4 heteroatoms. The van der Waals surface area contributed by atoms with Crippen LogP contribution in [0.3, 0.4) is 0 Å². The van der Waals surface area contributed by atoms with Crippen molar-refractivity contribution < 1.29 is 0 Å². The molecule has 0 N–H and O–H groups in total. The number of hydrogen-bond acceptors (Lipinski definition) is 3. The van der Waals surface area contributed by atoms with Crippen molar-refractivity contribution >= 4 is 18.5 Å². The van der Waals surface area contributed by atoms with E-state index in [1.54, 1.807) is 4.91 Å². The van der Waals surface area contributed by atoms with Crippen LogP contribution in [0.4, 0.5) is 0 Å². The lowest BCUT2D eigenvalue weighted by atomic mass is 9.24. The Morgan fingerprint density at radius 3 is 2.39 bits per heavy atom. The number of rotatable bonds is 1. The van der Waals surface area contributed by atoms with E-state index < -0.39 is 0 Å². The maximum absolute atomic E-state index is 3.28. The van der Waals surface area contributed by atoms with Gasteiger partial charge in [0.05, 0.1) is 6.04 Å². The molecule has 0 aromatic rings. The smallest absolute Gasteiger partial charge is 0.211 e. The summed E-state index contributed by atoms with van der Waals surface area (Å²) < 4.78 is 0. The van der Waals surface area contributed by atoms with Gasteiger partial charge in [0.25, 0.3) is 0 Å². The first-order chi connectivity index (χ1) is 24.3. The number of thioether (sulfide) groups is 1. The molecule has 0 bridgehead atoms. The molecule has 2 saturated heterocycles. The monoisotopic (exact) mass is 703 g/mol. The molecule has 1 saturated carbocycles. The number of nitrogens with zero attached hydrogens (tertiary/aromatic N) is 2. The molecule has 274 valence electrons. The van der Waals surface area contributed by atoms with Crippen LogP contribution in [0.5, 0.6) is 0 Å². The summed E-state index contributed by atoms with van der Waals surface area (Å²) in [7, 11) is 0. The molecular formula is C47H67BN2S. The van der Waals surface area contributed by atoms with E-state index in [-0.39, 0.29) is 5.54 Å². The zero-order valence-electron chi connectivity index (χ0n) is 33.4. The minimum atomic E-state index is 0.201. The molecule has 4 heterocycles. The molecule has 6 aliphatic carbocycles. The Hall–Kier alpha value is -1.39. The van der Waals surface area contributed by atoms with Crippen LogP contribution in [0.1, 0.15) is 145 Å². The second-order valence-corrected chi connectivity index (χ2v) is 22.9.